The molecule has 2 rings (SSSR count). The molecule has 1 aromatic heterocycles. The molecule has 2 heteroatoms. The lowest BCUT2D eigenvalue weighted by Crippen LogP contribution is -2.14. The van der Waals surface area contributed by atoms with Gasteiger partial charge in [-0.05, 0) is 55.9 Å². The van der Waals surface area contributed by atoms with Gasteiger partial charge in [0.05, 0.1) is 0 Å². The third-order valence-corrected chi connectivity index (χ3v) is 3.18. The Balaban J connectivity index is 1.96. The van der Waals surface area contributed by atoms with Crippen molar-refractivity contribution >= 4 is 10.9 Å². The molecule has 0 fully saturated rings. The van der Waals surface area contributed by atoms with Crippen molar-refractivity contribution in [2.75, 3.05) is 13.1 Å². The summed E-state index contributed by atoms with van der Waals surface area (Å²) >= 11 is 0. The molecule has 92 valence electrons. The third-order valence-electron chi connectivity index (χ3n) is 3.18. The molecule has 0 amide bonds. The molecule has 0 aliphatic carbocycles. The summed E-state index contributed by atoms with van der Waals surface area (Å²) in [5.74, 6) is 0. The fourth-order valence-corrected chi connectivity index (χ4v) is 2.20. The van der Waals surface area contributed by atoms with Crippen LogP contribution >= 0.6 is 0 Å². The maximum Gasteiger partial charge on any atom is 0.0482 e. The summed E-state index contributed by atoms with van der Waals surface area (Å²) in [5.41, 5.74) is 2.71. The van der Waals surface area contributed by atoms with Crippen molar-refractivity contribution in [1.29, 1.82) is 0 Å². The van der Waals surface area contributed by atoms with Crippen LogP contribution in [-0.2, 0) is 6.54 Å². The molecule has 1 aromatic carbocycles. The Morgan fingerprint density at radius 1 is 1.18 bits per heavy atom. The normalized spacial score (nSPS) is 11.2. The molecule has 2 nitrogen and oxygen atoms in total. The molecular formula is C15H22N2. The van der Waals surface area contributed by atoms with Crippen molar-refractivity contribution in [2.45, 2.75) is 33.2 Å². The number of aryl methyl sites for hydroxylation is 2. The third kappa shape index (κ3) is 3.10. The lowest BCUT2D eigenvalue weighted by Gasteiger charge is -2.06. The number of benzene rings is 1. The largest absolute Gasteiger partial charge is 0.347 e. The van der Waals surface area contributed by atoms with Crippen LogP contribution in [-0.4, -0.2) is 17.7 Å². The lowest BCUT2D eigenvalue weighted by molar-refractivity contribution is 0.586. The van der Waals surface area contributed by atoms with Crippen LogP contribution in [0.2, 0.25) is 0 Å². The molecule has 1 heterocycles. The molecule has 17 heavy (non-hydrogen) atoms. The molecule has 0 unspecified atom stereocenters. The van der Waals surface area contributed by atoms with Gasteiger partial charge in [0.1, 0.15) is 0 Å². The van der Waals surface area contributed by atoms with Crippen LogP contribution in [0.3, 0.4) is 0 Å². The predicted octanol–water partition coefficient (Wildman–Crippen LogP) is 3.34. The SMILES string of the molecule is CCNCCCCn1ccc2ccc(C)cc21. The van der Waals surface area contributed by atoms with Gasteiger partial charge in [-0.1, -0.05) is 19.1 Å². The smallest absolute Gasteiger partial charge is 0.0482 e. The van der Waals surface area contributed by atoms with Crippen molar-refractivity contribution in [3.8, 4) is 0 Å². The predicted molar refractivity (Wildman–Crippen MR) is 74.5 cm³/mol. The van der Waals surface area contributed by atoms with Gasteiger partial charge in [0, 0.05) is 18.3 Å². The standard InChI is InChI=1S/C15H22N2/c1-3-16-9-4-5-10-17-11-8-14-7-6-13(2)12-15(14)17/h6-8,11-12,16H,3-5,9-10H2,1-2H3. The van der Waals surface area contributed by atoms with E-state index in [4.69, 9.17) is 0 Å². The molecule has 0 aliphatic heterocycles. The van der Waals surface area contributed by atoms with E-state index in [1.807, 2.05) is 0 Å². The second kappa shape index (κ2) is 5.87. The number of nitrogens with one attached hydrogen (secondary N) is 1. The molecule has 0 spiro atoms. The molecule has 0 atom stereocenters. The summed E-state index contributed by atoms with van der Waals surface area (Å²) in [4.78, 5) is 0. The number of unbranched alkanes of at least 4 members (excludes halogenated alkanes) is 1. The van der Waals surface area contributed by atoms with Gasteiger partial charge in [0.2, 0.25) is 0 Å². The fourth-order valence-electron chi connectivity index (χ4n) is 2.20. The average molecular weight is 230 g/mol. The first-order valence-corrected chi connectivity index (χ1v) is 6.57. The van der Waals surface area contributed by atoms with Crippen LogP contribution in [0.25, 0.3) is 10.9 Å². The van der Waals surface area contributed by atoms with Gasteiger partial charge in [-0.3, -0.25) is 0 Å². The Morgan fingerprint density at radius 2 is 2.06 bits per heavy atom. The summed E-state index contributed by atoms with van der Waals surface area (Å²) < 4.78 is 2.37. The molecule has 2 aromatic rings. The Hall–Kier alpha value is -1.28. The number of nitrogens with zero attached hydrogens (tertiary/aromatic N) is 1. The van der Waals surface area contributed by atoms with Crippen molar-refractivity contribution in [2.24, 2.45) is 0 Å². The number of aromatic nitrogens is 1. The zero-order valence-corrected chi connectivity index (χ0v) is 10.9. The highest BCUT2D eigenvalue weighted by Gasteiger charge is 2.00. The minimum atomic E-state index is 1.08. The van der Waals surface area contributed by atoms with Gasteiger partial charge in [-0.25, -0.2) is 0 Å². The molecular weight excluding hydrogens is 208 g/mol. The average Bonchev–Trinajstić information content (AvgIpc) is 2.72. The van der Waals surface area contributed by atoms with Gasteiger partial charge in [-0.15, -0.1) is 0 Å². The maximum absolute atomic E-state index is 3.37. The first-order valence-electron chi connectivity index (χ1n) is 6.57. The van der Waals surface area contributed by atoms with E-state index in [2.05, 4.69) is 54.2 Å². The topological polar surface area (TPSA) is 17.0 Å². The van der Waals surface area contributed by atoms with Crippen LogP contribution < -0.4 is 5.32 Å². The van der Waals surface area contributed by atoms with Crippen LogP contribution in [0.4, 0.5) is 0 Å². The molecule has 0 radical (unpaired) electrons. The molecule has 1 N–H and O–H groups in total. The molecule has 0 saturated heterocycles. The number of hydrogen-bond acceptors (Lipinski definition) is 1. The van der Waals surface area contributed by atoms with Gasteiger partial charge >= 0.3 is 0 Å². The van der Waals surface area contributed by atoms with Gasteiger partial charge in [0.15, 0.2) is 0 Å². The molecule has 0 aliphatic rings. The van der Waals surface area contributed by atoms with E-state index in [0.717, 1.165) is 19.6 Å². The molecule has 0 bridgehead atoms. The zero-order chi connectivity index (χ0) is 12.1. The highest BCUT2D eigenvalue weighted by molar-refractivity contribution is 5.80. The number of rotatable bonds is 6. The summed E-state index contributed by atoms with van der Waals surface area (Å²) in [6.45, 7) is 7.64. The Kier molecular flexibility index (Phi) is 4.21. The van der Waals surface area contributed by atoms with Gasteiger partial charge < -0.3 is 9.88 Å². The Bertz CT molecular complexity index is 471. The summed E-state index contributed by atoms with van der Waals surface area (Å²) in [6.07, 6.45) is 4.70. The second-order valence-electron chi connectivity index (χ2n) is 4.63. The number of hydrogen-bond donors (Lipinski definition) is 1. The van der Waals surface area contributed by atoms with E-state index in [9.17, 15) is 0 Å². The highest BCUT2D eigenvalue weighted by Crippen LogP contribution is 2.17. The van der Waals surface area contributed by atoms with Gasteiger partial charge in [-0.2, -0.15) is 0 Å². The van der Waals surface area contributed by atoms with Crippen molar-refractivity contribution in [3.63, 3.8) is 0 Å². The molecule has 0 saturated carbocycles. The van der Waals surface area contributed by atoms with Crippen LogP contribution in [0.1, 0.15) is 25.3 Å². The second-order valence-corrected chi connectivity index (χ2v) is 4.63. The van der Waals surface area contributed by atoms with E-state index >= 15 is 0 Å². The minimum absolute atomic E-state index is 1.08. The highest BCUT2D eigenvalue weighted by atomic mass is 14.9. The van der Waals surface area contributed by atoms with Crippen molar-refractivity contribution in [3.05, 3.63) is 36.0 Å². The van der Waals surface area contributed by atoms with Crippen LogP contribution in [0.15, 0.2) is 30.5 Å². The maximum atomic E-state index is 3.37. The van der Waals surface area contributed by atoms with E-state index in [-0.39, 0.29) is 0 Å². The van der Waals surface area contributed by atoms with Crippen molar-refractivity contribution in [1.82, 2.24) is 9.88 Å². The van der Waals surface area contributed by atoms with E-state index in [0.29, 0.717) is 0 Å². The first kappa shape index (κ1) is 12.2. The summed E-state index contributed by atoms with van der Waals surface area (Å²) in [7, 11) is 0. The van der Waals surface area contributed by atoms with Crippen LogP contribution in [0.5, 0.6) is 0 Å². The zero-order valence-electron chi connectivity index (χ0n) is 10.9. The van der Waals surface area contributed by atoms with E-state index in [1.165, 1.54) is 29.3 Å². The van der Waals surface area contributed by atoms with Gasteiger partial charge in [0.25, 0.3) is 0 Å². The first-order chi connectivity index (χ1) is 8.31. The van der Waals surface area contributed by atoms with E-state index in [1.54, 1.807) is 0 Å². The van der Waals surface area contributed by atoms with E-state index < -0.39 is 0 Å². The van der Waals surface area contributed by atoms with Crippen molar-refractivity contribution < 1.29 is 0 Å². The fraction of sp³-hybridized carbons (Fsp3) is 0.467. The summed E-state index contributed by atoms with van der Waals surface area (Å²) in [5, 5.41) is 4.71. The number of fused-ring (bicyclic) bond motifs is 1. The Labute approximate surface area is 104 Å². The minimum Gasteiger partial charge on any atom is -0.347 e. The monoisotopic (exact) mass is 230 g/mol. The summed E-state index contributed by atoms with van der Waals surface area (Å²) in [6, 6.07) is 8.87. The van der Waals surface area contributed by atoms with Crippen LogP contribution in [0, 0.1) is 6.92 Å². The quantitative estimate of drug-likeness (QED) is 0.753. The lowest BCUT2D eigenvalue weighted by atomic mass is 10.2. The Morgan fingerprint density at radius 3 is 2.88 bits per heavy atom.